The van der Waals surface area contributed by atoms with E-state index >= 15 is 0 Å². The predicted molar refractivity (Wildman–Crippen MR) is 124 cm³/mol. The SMILES string of the molecule is CC1(CC(=O)c2cc(NC(=O)C3C(c4cc(Cl)cc(Cl)c4)C3(Cl)Cl)ccc2Cl)CC1. The molecule has 0 heterocycles. The summed E-state index contributed by atoms with van der Waals surface area (Å²) in [5, 5.41) is 4.05. The quantitative estimate of drug-likeness (QED) is 0.325. The standard InChI is InChI=1S/C22H18Cl5NO2/c1-21(4-5-21)10-17(29)15-9-14(2-3-16(15)25)28-20(30)19-18(22(19,26)27)11-6-12(23)8-13(24)7-11/h2-3,6-9,18-19H,4-5,10H2,1H3,(H,28,30). The van der Waals surface area contributed by atoms with E-state index in [2.05, 4.69) is 12.2 Å². The molecule has 0 aliphatic heterocycles. The molecule has 4 rings (SSSR count). The minimum atomic E-state index is -1.27. The summed E-state index contributed by atoms with van der Waals surface area (Å²) in [5.41, 5.74) is 1.63. The monoisotopic (exact) mass is 503 g/mol. The molecule has 3 nitrogen and oxygen atoms in total. The van der Waals surface area contributed by atoms with Crippen LogP contribution in [0.25, 0.3) is 0 Å². The van der Waals surface area contributed by atoms with Gasteiger partial charge in [-0.3, -0.25) is 9.59 Å². The van der Waals surface area contributed by atoms with E-state index in [0.717, 1.165) is 12.8 Å². The highest BCUT2D eigenvalue weighted by Gasteiger charge is 2.67. The number of ketones is 1. The minimum absolute atomic E-state index is 0.0296. The van der Waals surface area contributed by atoms with Gasteiger partial charge in [0.05, 0.1) is 10.9 Å². The van der Waals surface area contributed by atoms with Crippen molar-refractivity contribution in [2.45, 2.75) is 36.4 Å². The van der Waals surface area contributed by atoms with Gasteiger partial charge >= 0.3 is 0 Å². The molecule has 1 amide bonds. The average molecular weight is 506 g/mol. The first-order valence-corrected chi connectivity index (χ1v) is 11.4. The molecule has 2 aliphatic carbocycles. The van der Waals surface area contributed by atoms with Crippen LogP contribution in [0, 0.1) is 11.3 Å². The van der Waals surface area contributed by atoms with Crippen molar-refractivity contribution in [1.29, 1.82) is 0 Å². The number of anilines is 1. The Morgan fingerprint density at radius 1 is 1.03 bits per heavy atom. The van der Waals surface area contributed by atoms with Crippen molar-refractivity contribution in [2.24, 2.45) is 11.3 Å². The van der Waals surface area contributed by atoms with E-state index in [0.29, 0.717) is 38.3 Å². The number of amides is 1. The lowest BCUT2D eigenvalue weighted by Gasteiger charge is -2.11. The van der Waals surface area contributed by atoms with Gasteiger partial charge in [0.15, 0.2) is 5.78 Å². The zero-order valence-corrected chi connectivity index (χ0v) is 19.7. The maximum atomic E-state index is 12.9. The van der Waals surface area contributed by atoms with Gasteiger partial charge in [-0.1, -0.05) is 41.7 Å². The van der Waals surface area contributed by atoms with Crippen molar-refractivity contribution in [1.82, 2.24) is 0 Å². The second-order valence-electron chi connectivity index (χ2n) is 8.43. The number of hydrogen-bond acceptors (Lipinski definition) is 2. The zero-order valence-electron chi connectivity index (χ0n) is 15.9. The summed E-state index contributed by atoms with van der Waals surface area (Å²) in [6.07, 6.45) is 2.52. The van der Waals surface area contributed by atoms with Crippen molar-refractivity contribution < 1.29 is 9.59 Å². The molecular formula is C22H18Cl5NO2. The predicted octanol–water partition coefficient (Wildman–Crippen LogP) is 7.55. The van der Waals surface area contributed by atoms with Crippen LogP contribution in [0.3, 0.4) is 0 Å². The van der Waals surface area contributed by atoms with E-state index in [9.17, 15) is 9.59 Å². The molecule has 0 aromatic heterocycles. The Bertz CT molecular complexity index is 1030. The fourth-order valence-electron chi connectivity index (χ4n) is 3.73. The lowest BCUT2D eigenvalue weighted by atomic mass is 9.97. The van der Waals surface area contributed by atoms with Crippen LogP contribution in [-0.4, -0.2) is 16.0 Å². The van der Waals surface area contributed by atoms with Crippen molar-refractivity contribution in [3.05, 3.63) is 62.6 Å². The Morgan fingerprint density at radius 3 is 2.27 bits per heavy atom. The van der Waals surface area contributed by atoms with Crippen LogP contribution in [0.2, 0.25) is 15.1 Å². The zero-order chi connectivity index (χ0) is 21.8. The minimum Gasteiger partial charge on any atom is -0.326 e. The molecule has 0 radical (unpaired) electrons. The van der Waals surface area contributed by atoms with E-state index in [1.165, 1.54) is 0 Å². The highest BCUT2D eigenvalue weighted by atomic mass is 35.5. The van der Waals surface area contributed by atoms with Crippen LogP contribution in [0.5, 0.6) is 0 Å². The summed E-state index contributed by atoms with van der Waals surface area (Å²) in [4.78, 5) is 25.5. The molecule has 2 unspecified atom stereocenters. The van der Waals surface area contributed by atoms with Crippen molar-refractivity contribution in [3.63, 3.8) is 0 Å². The molecule has 2 aromatic carbocycles. The van der Waals surface area contributed by atoms with Gasteiger partial charge in [0.25, 0.3) is 0 Å². The Kier molecular flexibility index (Phi) is 5.83. The fourth-order valence-corrected chi connectivity index (χ4v) is 5.33. The van der Waals surface area contributed by atoms with E-state index in [1.54, 1.807) is 36.4 Å². The van der Waals surface area contributed by atoms with Gasteiger partial charge in [-0.2, -0.15) is 0 Å². The lowest BCUT2D eigenvalue weighted by Crippen LogP contribution is -2.17. The number of rotatable bonds is 6. The Morgan fingerprint density at radius 2 is 1.67 bits per heavy atom. The topological polar surface area (TPSA) is 46.2 Å². The summed E-state index contributed by atoms with van der Waals surface area (Å²) in [7, 11) is 0. The molecule has 158 valence electrons. The highest BCUT2D eigenvalue weighted by molar-refractivity contribution is 6.53. The number of nitrogens with one attached hydrogen (secondary N) is 1. The lowest BCUT2D eigenvalue weighted by molar-refractivity contribution is -0.117. The van der Waals surface area contributed by atoms with Crippen LogP contribution >= 0.6 is 58.0 Å². The molecular weight excluding hydrogens is 488 g/mol. The van der Waals surface area contributed by atoms with E-state index in [-0.39, 0.29) is 17.1 Å². The van der Waals surface area contributed by atoms with Gasteiger partial charge in [0, 0.05) is 33.6 Å². The Hall–Kier alpha value is -0.970. The van der Waals surface area contributed by atoms with Crippen LogP contribution < -0.4 is 5.32 Å². The van der Waals surface area contributed by atoms with Gasteiger partial charge in [-0.05, 0) is 60.2 Å². The number of benzene rings is 2. The third-order valence-electron chi connectivity index (χ3n) is 5.81. The molecule has 0 bridgehead atoms. The van der Waals surface area contributed by atoms with Crippen LogP contribution in [0.4, 0.5) is 5.69 Å². The van der Waals surface area contributed by atoms with Crippen molar-refractivity contribution in [3.8, 4) is 0 Å². The molecule has 8 heteroatoms. The van der Waals surface area contributed by atoms with Gasteiger partial charge in [0.1, 0.15) is 4.33 Å². The first kappa shape index (κ1) is 22.2. The van der Waals surface area contributed by atoms with Crippen LogP contribution in [0.1, 0.15) is 48.0 Å². The number of alkyl halides is 2. The average Bonchev–Trinajstić information content (AvgIpc) is 3.50. The number of carbonyl (C=O) groups is 2. The Balaban J connectivity index is 1.51. The van der Waals surface area contributed by atoms with E-state index in [1.807, 2.05) is 0 Å². The molecule has 0 spiro atoms. The molecule has 2 aromatic rings. The third kappa shape index (κ3) is 4.47. The van der Waals surface area contributed by atoms with E-state index in [4.69, 9.17) is 58.0 Å². The first-order chi connectivity index (χ1) is 14.0. The second-order valence-corrected chi connectivity index (χ2v) is 11.2. The molecule has 2 aliphatic rings. The summed E-state index contributed by atoms with van der Waals surface area (Å²) in [6, 6.07) is 9.85. The summed E-state index contributed by atoms with van der Waals surface area (Å²) < 4.78 is -1.27. The number of Topliss-reactive ketones (excluding diaryl/α,β-unsaturated/α-hetero) is 1. The fraction of sp³-hybridized carbons (Fsp3) is 0.364. The van der Waals surface area contributed by atoms with Gasteiger partial charge in [0.2, 0.25) is 5.91 Å². The normalized spacial score (nSPS) is 23.0. The number of hydrogen-bond donors (Lipinski definition) is 1. The second kappa shape index (κ2) is 7.86. The maximum absolute atomic E-state index is 12.9. The molecule has 2 fully saturated rings. The van der Waals surface area contributed by atoms with Crippen molar-refractivity contribution >= 4 is 75.4 Å². The van der Waals surface area contributed by atoms with Crippen molar-refractivity contribution in [2.75, 3.05) is 5.32 Å². The summed E-state index contributed by atoms with van der Waals surface area (Å²) >= 11 is 31.2. The molecule has 30 heavy (non-hydrogen) atoms. The van der Waals surface area contributed by atoms with E-state index < -0.39 is 16.2 Å². The van der Waals surface area contributed by atoms with Gasteiger partial charge < -0.3 is 5.32 Å². The summed E-state index contributed by atoms with van der Waals surface area (Å²) in [5.74, 6) is -1.51. The number of halogens is 5. The Labute approximate surface area is 200 Å². The maximum Gasteiger partial charge on any atom is 0.231 e. The highest BCUT2D eigenvalue weighted by Crippen LogP contribution is 2.65. The van der Waals surface area contributed by atoms with Gasteiger partial charge in [-0.15, -0.1) is 23.2 Å². The molecule has 2 saturated carbocycles. The van der Waals surface area contributed by atoms with Crippen LogP contribution in [0.15, 0.2) is 36.4 Å². The molecule has 0 saturated heterocycles. The number of carbonyl (C=O) groups excluding carboxylic acids is 2. The van der Waals surface area contributed by atoms with Gasteiger partial charge in [-0.25, -0.2) is 0 Å². The third-order valence-corrected chi connectivity index (χ3v) is 7.51. The summed E-state index contributed by atoms with van der Waals surface area (Å²) in [6.45, 7) is 2.08. The first-order valence-electron chi connectivity index (χ1n) is 9.48. The largest absolute Gasteiger partial charge is 0.326 e. The van der Waals surface area contributed by atoms with Crippen LogP contribution in [-0.2, 0) is 4.79 Å². The molecule has 1 N–H and O–H groups in total. The molecule has 2 atom stereocenters. The smallest absolute Gasteiger partial charge is 0.231 e.